The van der Waals surface area contributed by atoms with Crippen LogP contribution in [-0.2, 0) is 11.3 Å². The van der Waals surface area contributed by atoms with E-state index >= 15 is 0 Å². The van der Waals surface area contributed by atoms with Crippen molar-refractivity contribution in [3.8, 4) is 11.8 Å². The van der Waals surface area contributed by atoms with E-state index in [2.05, 4.69) is 10.3 Å². The number of amides is 2. The molecule has 30 heavy (non-hydrogen) atoms. The SMILES string of the molecule is CS/C(=N/C(=O)c1cc(C#N)ccc1OCc1ccccc1)NC(=O)OC(C)(C)C. The van der Waals surface area contributed by atoms with Crippen LogP contribution in [0.4, 0.5) is 4.79 Å². The Morgan fingerprint density at radius 3 is 2.47 bits per heavy atom. The summed E-state index contributed by atoms with van der Waals surface area (Å²) in [5.41, 5.74) is 0.672. The van der Waals surface area contributed by atoms with Gasteiger partial charge in [-0.1, -0.05) is 42.1 Å². The van der Waals surface area contributed by atoms with Gasteiger partial charge in [0.05, 0.1) is 17.2 Å². The zero-order chi connectivity index (χ0) is 22.1. The fourth-order valence-corrected chi connectivity index (χ4v) is 2.66. The van der Waals surface area contributed by atoms with Crippen LogP contribution in [0.5, 0.6) is 5.75 Å². The lowest BCUT2D eigenvalue weighted by Gasteiger charge is -2.19. The van der Waals surface area contributed by atoms with Crippen LogP contribution in [0, 0.1) is 11.3 Å². The van der Waals surface area contributed by atoms with Crippen molar-refractivity contribution < 1.29 is 19.1 Å². The second-order valence-electron chi connectivity index (χ2n) is 7.15. The summed E-state index contributed by atoms with van der Waals surface area (Å²) in [6, 6.07) is 16.0. The highest BCUT2D eigenvalue weighted by atomic mass is 32.2. The second-order valence-corrected chi connectivity index (χ2v) is 7.95. The fourth-order valence-electron chi connectivity index (χ4n) is 2.30. The number of amidine groups is 1. The molecule has 0 atom stereocenters. The molecule has 2 amide bonds. The summed E-state index contributed by atoms with van der Waals surface area (Å²) in [5, 5.41) is 11.7. The predicted octanol–water partition coefficient (Wildman–Crippen LogP) is 4.52. The summed E-state index contributed by atoms with van der Waals surface area (Å²) < 4.78 is 11.0. The Bertz CT molecular complexity index is 976. The van der Waals surface area contributed by atoms with Crippen LogP contribution in [-0.4, -0.2) is 29.0 Å². The number of alkyl carbamates (subject to hydrolysis) is 1. The molecule has 156 valence electrons. The highest BCUT2D eigenvalue weighted by Crippen LogP contribution is 2.23. The smallest absolute Gasteiger partial charge is 0.413 e. The van der Waals surface area contributed by atoms with Crippen LogP contribution in [0.2, 0.25) is 0 Å². The van der Waals surface area contributed by atoms with E-state index in [1.165, 1.54) is 6.07 Å². The Balaban J connectivity index is 2.24. The molecular formula is C22H23N3O4S. The van der Waals surface area contributed by atoms with Crippen molar-refractivity contribution in [1.82, 2.24) is 5.32 Å². The number of thioether (sulfide) groups is 1. The number of nitrogens with zero attached hydrogens (tertiary/aromatic N) is 2. The first kappa shape index (κ1) is 23.0. The van der Waals surface area contributed by atoms with E-state index in [4.69, 9.17) is 9.47 Å². The summed E-state index contributed by atoms with van der Waals surface area (Å²) in [4.78, 5) is 28.7. The molecule has 2 rings (SSSR count). The van der Waals surface area contributed by atoms with Crippen LogP contribution in [0.1, 0.15) is 42.3 Å². The molecule has 0 aliphatic carbocycles. The van der Waals surface area contributed by atoms with E-state index in [1.54, 1.807) is 39.2 Å². The third kappa shape index (κ3) is 7.26. The number of nitrogens with one attached hydrogen (secondary N) is 1. The highest BCUT2D eigenvalue weighted by molar-refractivity contribution is 8.13. The van der Waals surface area contributed by atoms with Gasteiger partial charge >= 0.3 is 6.09 Å². The standard InChI is InChI=1S/C22H23N3O4S/c1-22(2,3)29-21(27)25-20(30-4)24-19(26)17-12-16(13-23)10-11-18(17)28-14-15-8-6-5-7-9-15/h5-12H,14H2,1-4H3,(H,24,25,26,27). The normalized spacial score (nSPS) is 11.4. The van der Waals surface area contributed by atoms with E-state index in [1.807, 2.05) is 36.4 Å². The monoisotopic (exact) mass is 425 g/mol. The molecule has 0 bridgehead atoms. The minimum atomic E-state index is -0.713. The van der Waals surface area contributed by atoms with Crippen molar-refractivity contribution >= 4 is 28.9 Å². The van der Waals surface area contributed by atoms with Crippen molar-refractivity contribution in [1.29, 1.82) is 5.26 Å². The minimum Gasteiger partial charge on any atom is -0.488 e. The first-order valence-corrected chi connectivity index (χ1v) is 10.3. The molecule has 0 fully saturated rings. The van der Waals surface area contributed by atoms with Crippen molar-refractivity contribution in [2.45, 2.75) is 33.0 Å². The highest BCUT2D eigenvalue weighted by Gasteiger charge is 2.19. The molecule has 0 saturated heterocycles. The molecule has 0 unspecified atom stereocenters. The summed E-state index contributed by atoms with van der Waals surface area (Å²) in [7, 11) is 0. The Kier molecular flexibility index (Phi) is 8.01. The number of carbonyl (C=O) groups is 2. The van der Waals surface area contributed by atoms with E-state index in [0.717, 1.165) is 17.3 Å². The van der Waals surface area contributed by atoms with E-state index in [0.29, 0.717) is 11.3 Å². The number of ether oxygens (including phenoxy) is 2. The number of rotatable bonds is 4. The topological polar surface area (TPSA) is 101 Å². The van der Waals surface area contributed by atoms with Crippen molar-refractivity contribution in [3.05, 3.63) is 65.2 Å². The van der Waals surface area contributed by atoms with Crippen LogP contribution >= 0.6 is 11.8 Å². The molecule has 0 spiro atoms. The maximum Gasteiger partial charge on any atom is 0.413 e. The van der Waals surface area contributed by atoms with Gasteiger partial charge in [-0.3, -0.25) is 10.1 Å². The average Bonchev–Trinajstić information content (AvgIpc) is 2.70. The average molecular weight is 426 g/mol. The van der Waals surface area contributed by atoms with Gasteiger partial charge in [-0.05, 0) is 50.8 Å². The van der Waals surface area contributed by atoms with Gasteiger partial charge in [-0.15, -0.1) is 0 Å². The number of carbonyl (C=O) groups excluding carboxylic acids is 2. The molecule has 7 nitrogen and oxygen atoms in total. The Morgan fingerprint density at radius 2 is 1.87 bits per heavy atom. The van der Waals surface area contributed by atoms with Crippen molar-refractivity contribution in [3.63, 3.8) is 0 Å². The lowest BCUT2D eigenvalue weighted by Crippen LogP contribution is -2.35. The number of hydrogen-bond donors (Lipinski definition) is 1. The third-order valence-electron chi connectivity index (χ3n) is 3.58. The summed E-state index contributed by atoms with van der Waals surface area (Å²) in [5.74, 6) is -0.347. The quantitative estimate of drug-likeness (QED) is 0.571. The van der Waals surface area contributed by atoms with Gasteiger partial charge in [-0.25, -0.2) is 4.79 Å². The van der Waals surface area contributed by atoms with E-state index in [9.17, 15) is 14.9 Å². The molecule has 0 aliphatic rings. The van der Waals surface area contributed by atoms with Crippen molar-refractivity contribution in [2.24, 2.45) is 4.99 Å². The Morgan fingerprint density at radius 1 is 1.17 bits per heavy atom. The molecule has 8 heteroatoms. The fraction of sp³-hybridized carbons (Fsp3) is 0.273. The Labute approximate surface area is 180 Å². The molecule has 2 aromatic carbocycles. The number of benzene rings is 2. The van der Waals surface area contributed by atoms with E-state index < -0.39 is 17.6 Å². The minimum absolute atomic E-state index is 0.0746. The van der Waals surface area contributed by atoms with Crippen LogP contribution in [0.25, 0.3) is 0 Å². The maximum atomic E-state index is 12.8. The summed E-state index contributed by atoms with van der Waals surface area (Å²) >= 11 is 1.08. The van der Waals surface area contributed by atoms with E-state index in [-0.39, 0.29) is 17.3 Å². The van der Waals surface area contributed by atoms with Crippen LogP contribution < -0.4 is 10.1 Å². The second kappa shape index (κ2) is 10.5. The number of nitriles is 1. The summed E-state index contributed by atoms with van der Waals surface area (Å²) in [6.45, 7) is 5.45. The van der Waals surface area contributed by atoms with Gasteiger partial charge in [0.25, 0.3) is 5.91 Å². The molecule has 0 radical (unpaired) electrons. The Hall–Kier alpha value is -3.31. The lowest BCUT2D eigenvalue weighted by atomic mass is 10.1. The zero-order valence-electron chi connectivity index (χ0n) is 17.3. The molecule has 0 heterocycles. The molecule has 2 aromatic rings. The molecule has 1 N–H and O–H groups in total. The van der Waals surface area contributed by atoms with Crippen LogP contribution in [0.3, 0.4) is 0 Å². The van der Waals surface area contributed by atoms with Crippen molar-refractivity contribution in [2.75, 3.05) is 6.26 Å². The van der Waals surface area contributed by atoms with Gasteiger partial charge in [0.1, 0.15) is 18.0 Å². The third-order valence-corrected chi connectivity index (χ3v) is 4.16. The predicted molar refractivity (Wildman–Crippen MR) is 117 cm³/mol. The number of aliphatic imine (C=N–C) groups is 1. The molecule has 0 saturated carbocycles. The molecular weight excluding hydrogens is 402 g/mol. The lowest BCUT2D eigenvalue weighted by molar-refractivity contribution is 0.0564. The maximum absolute atomic E-state index is 12.8. The first-order valence-electron chi connectivity index (χ1n) is 9.09. The van der Waals surface area contributed by atoms with Crippen LogP contribution in [0.15, 0.2) is 53.5 Å². The first-order chi connectivity index (χ1) is 14.2. The molecule has 0 aliphatic heterocycles. The number of hydrogen-bond acceptors (Lipinski definition) is 6. The van der Waals surface area contributed by atoms with Gasteiger partial charge in [0.2, 0.25) is 0 Å². The zero-order valence-corrected chi connectivity index (χ0v) is 18.1. The van der Waals surface area contributed by atoms with Gasteiger partial charge in [0, 0.05) is 0 Å². The van der Waals surface area contributed by atoms with Gasteiger partial charge < -0.3 is 9.47 Å². The largest absolute Gasteiger partial charge is 0.488 e. The molecule has 0 aromatic heterocycles. The summed E-state index contributed by atoms with van der Waals surface area (Å²) in [6.07, 6.45) is 0.955. The van der Waals surface area contributed by atoms with Gasteiger partial charge in [0.15, 0.2) is 5.17 Å². The van der Waals surface area contributed by atoms with Gasteiger partial charge in [-0.2, -0.15) is 10.3 Å².